The molecule has 8 nitrogen and oxygen atoms in total. The number of ether oxygens (including phenoxy) is 1. The topological polar surface area (TPSA) is 126 Å². The highest BCUT2D eigenvalue weighted by Gasteiger charge is 2.24. The maximum absolute atomic E-state index is 13.2. The maximum atomic E-state index is 13.2. The Morgan fingerprint density at radius 1 is 1.21 bits per heavy atom. The maximum Gasteiger partial charge on any atom is 0.223 e. The van der Waals surface area contributed by atoms with Gasteiger partial charge in [0.05, 0.1) is 17.7 Å². The van der Waals surface area contributed by atoms with Crippen molar-refractivity contribution in [1.29, 1.82) is 5.26 Å². The van der Waals surface area contributed by atoms with Crippen LogP contribution in [0.2, 0.25) is 0 Å². The van der Waals surface area contributed by atoms with Crippen molar-refractivity contribution in [1.82, 2.24) is 15.3 Å². The summed E-state index contributed by atoms with van der Waals surface area (Å²) in [5, 5.41) is 16.4. The lowest BCUT2D eigenvalue weighted by Crippen LogP contribution is -2.37. The minimum atomic E-state index is -0.261. The Balaban J connectivity index is 1.58. The molecule has 0 spiro atoms. The second-order valence-electron chi connectivity index (χ2n) is 9.91. The molecule has 2 heterocycles. The molecule has 0 radical (unpaired) electrons. The van der Waals surface area contributed by atoms with Crippen LogP contribution < -0.4 is 16.4 Å². The van der Waals surface area contributed by atoms with Crippen molar-refractivity contribution in [2.24, 2.45) is 11.8 Å². The van der Waals surface area contributed by atoms with Crippen molar-refractivity contribution >= 4 is 34.9 Å². The van der Waals surface area contributed by atoms with E-state index >= 15 is 0 Å². The standard InChI is InChI=1S/C29H34N6O2S/c1-19(2)13-21(29(36)32-18-24-7-4-12-37-24)15-26-34-27(33-23-6-3-5-20(14-23)17-30)16-28(35-26)38-25-10-8-22(31)9-11-25/h3,5-6,8-11,14,16,19,21,24H,4,7,12-13,15,18,31H2,1-2H3,(H,32,36)(H,33,34,35)/t21-,24?/m0/s1. The third-order valence-corrected chi connectivity index (χ3v) is 7.13. The summed E-state index contributed by atoms with van der Waals surface area (Å²) in [4.78, 5) is 23.8. The number of nitrogens with two attached hydrogens (primary N) is 1. The van der Waals surface area contributed by atoms with Gasteiger partial charge in [-0.3, -0.25) is 4.79 Å². The molecule has 3 aromatic rings. The zero-order valence-corrected chi connectivity index (χ0v) is 22.6. The summed E-state index contributed by atoms with van der Waals surface area (Å²) in [5.74, 6) is 1.27. The molecule has 1 aliphatic heterocycles. The molecule has 0 saturated carbocycles. The normalized spacial score (nSPS) is 15.7. The van der Waals surface area contributed by atoms with Crippen molar-refractivity contribution < 1.29 is 9.53 Å². The van der Waals surface area contributed by atoms with Gasteiger partial charge >= 0.3 is 0 Å². The number of amides is 1. The summed E-state index contributed by atoms with van der Waals surface area (Å²) in [6.45, 7) is 5.52. The lowest BCUT2D eigenvalue weighted by molar-refractivity contribution is -0.126. The van der Waals surface area contributed by atoms with Crippen LogP contribution in [0.25, 0.3) is 0 Å². The van der Waals surface area contributed by atoms with E-state index in [1.807, 2.05) is 42.5 Å². The Morgan fingerprint density at radius 3 is 2.74 bits per heavy atom. The summed E-state index contributed by atoms with van der Waals surface area (Å²) in [6, 6.07) is 18.9. The molecule has 0 aliphatic carbocycles. The Morgan fingerprint density at radius 2 is 2.03 bits per heavy atom. The average Bonchev–Trinajstić information content (AvgIpc) is 3.42. The Kier molecular flexibility index (Phi) is 9.57. The smallest absolute Gasteiger partial charge is 0.223 e. The first kappa shape index (κ1) is 27.4. The number of nitrogens with zero attached hydrogens (tertiary/aromatic N) is 3. The largest absolute Gasteiger partial charge is 0.399 e. The van der Waals surface area contributed by atoms with Gasteiger partial charge in [-0.15, -0.1) is 0 Å². The molecule has 0 bridgehead atoms. The van der Waals surface area contributed by atoms with Gasteiger partial charge in [-0.25, -0.2) is 9.97 Å². The zero-order chi connectivity index (χ0) is 26.9. The van der Waals surface area contributed by atoms with E-state index in [4.69, 9.17) is 20.4 Å². The number of carbonyl (C=O) groups excluding carboxylic acids is 1. The second kappa shape index (κ2) is 13.3. The van der Waals surface area contributed by atoms with E-state index < -0.39 is 0 Å². The number of benzene rings is 2. The highest BCUT2D eigenvalue weighted by Crippen LogP contribution is 2.30. The number of nitrogen functional groups attached to an aromatic ring is 1. The monoisotopic (exact) mass is 530 g/mol. The van der Waals surface area contributed by atoms with Crippen LogP contribution in [0.15, 0.2) is 64.5 Å². The van der Waals surface area contributed by atoms with Crippen LogP contribution >= 0.6 is 11.8 Å². The molecule has 198 valence electrons. The lowest BCUT2D eigenvalue weighted by Gasteiger charge is -2.20. The van der Waals surface area contributed by atoms with Gasteiger partial charge in [0.25, 0.3) is 0 Å². The fourth-order valence-corrected chi connectivity index (χ4v) is 5.22. The van der Waals surface area contributed by atoms with Crippen LogP contribution in [0, 0.1) is 23.2 Å². The average molecular weight is 531 g/mol. The minimum Gasteiger partial charge on any atom is -0.399 e. The van der Waals surface area contributed by atoms with Gasteiger partial charge in [0.15, 0.2) is 0 Å². The predicted molar refractivity (Wildman–Crippen MR) is 150 cm³/mol. The van der Waals surface area contributed by atoms with Gasteiger partial charge < -0.3 is 21.1 Å². The van der Waals surface area contributed by atoms with Gasteiger partial charge in [0.2, 0.25) is 5.91 Å². The third kappa shape index (κ3) is 8.20. The molecular weight excluding hydrogens is 496 g/mol. The number of hydrogen-bond acceptors (Lipinski definition) is 8. The first-order chi connectivity index (χ1) is 18.4. The fourth-order valence-electron chi connectivity index (χ4n) is 4.39. The van der Waals surface area contributed by atoms with Crippen LogP contribution in [0.4, 0.5) is 17.2 Å². The molecule has 9 heteroatoms. The molecule has 1 fully saturated rings. The van der Waals surface area contributed by atoms with Crippen LogP contribution in [0.1, 0.15) is 44.5 Å². The van der Waals surface area contributed by atoms with E-state index in [0.29, 0.717) is 41.8 Å². The van der Waals surface area contributed by atoms with E-state index in [1.54, 1.807) is 12.1 Å². The van der Waals surface area contributed by atoms with Crippen LogP contribution in [0.3, 0.4) is 0 Å². The molecule has 4 N–H and O–H groups in total. The van der Waals surface area contributed by atoms with Gasteiger partial charge in [-0.05, 0) is 67.6 Å². The molecule has 38 heavy (non-hydrogen) atoms. The molecular formula is C29H34N6O2S. The van der Waals surface area contributed by atoms with Crippen molar-refractivity contribution in [3.63, 3.8) is 0 Å². The summed E-state index contributed by atoms with van der Waals surface area (Å²) >= 11 is 1.50. The molecule has 1 unspecified atom stereocenters. The van der Waals surface area contributed by atoms with Crippen molar-refractivity contribution in [3.05, 3.63) is 66.0 Å². The number of rotatable bonds is 11. The first-order valence-electron chi connectivity index (χ1n) is 13.0. The summed E-state index contributed by atoms with van der Waals surface area (Å²) in [7, 11) is 0. The van der Waals surface area contributed by atoms with Crippen LogP contribution in [-0.4, -0.2) is 35.1 Å². The second-order valence-corrected chi connectivity index (χ2v) is 11.0. The molecule has 1 aliphatic rings. The van der Waals surface area contributed by atoms with Crippen molar-refractivity contribution in [3.8, 4) is 6.07 Å². The number of hydrogen-bond donors (Lipinski definition) is 3. The quantitative estimate of drug-likeness (QED) is 0.224. The first-order valence-corrected chi connectivity index (χ1v) is 13.8. The fraction of sp³-hybridized carbons (Fsp3) is 0.379. The highest BCUT2D eigenvalue weighted by molar-refractivity contribution is 7.99. The predicted octanol–water partition coefficient (Wildman–Crippen LogP) is 5.33. The molecule has 2 aromatic carbocycles. The van der Waals surface area contributed by atoms with Gasteiger partial charge in [-0.2, -0.15) is 5.26 Å². The van der Waals surface area contributed by atoms with Gasteiger partial charge in [-0.1, -0.05) is 31.7 Å². The SMILES string of the molecule is CC(C)C[C@@H](Cc1nc(Nc2cccc(C#N)c2)cc(Sc2ccc(N)cc2)n1)C(=O)NCC1CCCO1. The lowest BCUT2D eigenvalue weighted by atomic mass is 9.93. The van der Waals surface area contributed by atoms with Crippen molar-refractivity contribution in [2.75, 3.05) is 24.2 Å². The third-order valence-electron chi connectivity index (χ3n) is 6.20. The van der Waals surface area contributed by atoms with E-state index in [2.05, 4.69) is 30.6 Å². The van der Waals surface area contributed by atoms with Crippen LogP contribution in [-0.2, 0) is 16.0 Å². The minimum absolute atomic E-state index is 0.00520. The zero-order valence-electron chi connectivity index (χ0n) is 21.8. The molecule has 1 amide bonds. The summed E-state index contributed by atoms with van der Waals surface area (Å²) < 4.78 is 5.67. The van der Waals surface area contributed by atoms with Crippen molar-refractivity contribution in [2.45, 2.75) is 55.6 Å². The number of nitriles is 1. The van der Waals surface area contributed by atoms with E-state index in [1.165, 1.54) is 11.8 Å². The molecule has 4 rings (SSSR count). The summed E-state index contributed by atoms with van der Waals surface area (Å²) in [6.07, 6.45) is 3.25. The number of carbonyl (C=O) groups is 1. The molecule has 1 saturated heterocycles. The van der Waals surface area contributed by atoms with Gasteiger partial charge in [0.1, 0.15) is 16.7 Å². The van der Waals surface area contributed by atoms with E-state index in [-0.39, 0.29) is 17.9 Å². The number of nitrogens with one attached hydrogen (secondary N) is 2. The number of anilines is 3. The molecule has 2 atom stereocenters. The molecule has 1 aromatic heterocycles. The van der Waals surface area contributed by atoms with E-state index in [0.717, 1.165) is 41.5 Å². The Bertz CT molecular complexity index is 1270. The van der Waals surface area contributed by atoms with E-state index in [9.17, 15) is 10.1 Å². The highest BCUT2D eigenvalue weighted by atomic mass is 32.2. The Labute approximate surface area is 228 Å². The van der Waals surface area contributed by atoms with Crippen LogP contribution in [0.5, 0.6) is 0 Å². The number of aromatic nitrogens is 2. The van der Waals surface area contributed by atoms with Gasteiger partial charge in [0, 0.05) is 47.8 Å². The summed E-state index contributed by atoms with van der Waals surface area (Å²) in [5.41, 5.74) is 7.86. The Hall–Kier alpha value is -3.61.